The van der Waals surface area contributed by atoms with Crippen LogP contribution in [-0.4, -0.2) is 46.0 Å². The van der Waals surface area contributed by atoms with Gasteiger partial charge in [0.2, 0.25) is 0 Å². The Morgan fingerprint density at radius 3 is 2.50 bits per heavy atom. The lowest BCUT2D eigenvalue weighted by molar-refractivity contribution is 0.0684. The molecular weight excluding hydrogens is 232 g/mol. The average Bonchev–Trinajstić information content (AvgIpc) is 2.69. The average molecular weight is 252 g/mol. The molecule has 0 radical (unpaired) electrons. The van der Waals surface area contributed by atoms with Crippen LogP contribution in [0, 0.1) is 0 Å². The topological polar surface area (TPSA) is 62.5 Å². The van der Waals surface area contributed by atoms with Crippen molar-refractivity contribution in [1.29, 1.82) is 0 Å². The summed E-state index contributed by atoms with van der Waals surface area (Å²) in [6.45, 7) is 6.89. The van der Waals surface area contributed by atoms with Gasteiger partial charge in [0.1, 0.15) is 5.69 Å². The van der Waals surface area contributed by atoms with E-state index < -0.39 is 5.97 Å². The molecular formula is C13H20N2O3. The second kappa shape index (κ2) is 5.82. The summed E-state index contributed by atoms with van der Waals surface area (Å²) in [6, 6.07) is 1.83. The van der Waals surface area contributed by atoms with Gasteiger partial charge in [0.05, 0.1) is 0 Å². The Kier molecular flexibility index (Phi) is 4.67. The highest BCUT2D eigenvalue weighted by atomic mass is 16.4. The molecule has 0 aromatic carbocycles. The fourth-order valence-corrected chi connectivity index (χ4v) is 1.59. The number of likely N-dealkylation sites (N-methyl/N-ethyl adjacent to an activating group) is 1. The van der Waals surface area contributed by atoms with E-state index in [-0.39, 0.29) is 11.5 Å². The molecule has 5 nitrogen and oxygen atoms in total. The summed E-state index contributed by atoms with van der Waals surface area (Å²) in [5, 5.41) is 9.09. The summed E-state index contributed by atoms with van der Waals surface area (Å²) in [5.41, 5.74) is 0.608. The summed E-state index contributed by atoms with van der Waals surface area (Å²) >= 11 is 0. The molecule has 0 amide bonds. The minimum Gasteiger partial charge on any atom is -0.477 e. The molecule has 1 aromatic rings. The van der Waals surface area contributed by atoms with E-state index in [1.54, 1.807) is 10.8 Å². The zero-order valence-corrected chi connectivity index (χ0v) is 11.3. The first-order valence-corrected chi connectivity index (χ1v) is 5.97. The number of carboxylic acid groups (broad SMARTS) is 1. The summed E-state index contributed by atoms with van der Waals surface area (Å²) in [6.07, 6.45) is 1.61. The van der Waals surface area contributed by atoms with Crippen LogP contribution in [0.3, 0.4) is 0 Å². The SMILES string of the molecule is CC(=O)c1cc(C(=O)O)n(CCN(C)C(C)C)c1. The molecule has 18 heavy (non-hydrogen) atoms. The van der Waals surface area contributed by atoms with Gasteiger partial charge in [0.25, 0.3) is 0 Å². The van der Waals surface area contributed by atoms with Gasteiger partial charge < -0.3 is 14.6 Å². The first kappa shape index (κ1) is 14.4. The van der Waals surface area contributed by atoms with Crippen LogP contribution in [0.2, 0.25) is 0 Å². The lowest BCUT2D eigenvalue weighted by atomic mass is 10.2. The third-order valence-electron chi connectivity index (χ3n) is 3.10. The van der Waals surface area contributed by atoms with Crippen molar-refractivity contribution in [1.82, 2.24) is 9.47 Å². The van der Waals surface area contributed by atoms with Crippen molar-refractivity contribution < 1.29 is 14.7 Å². The number of nitrogens with zero attached hydrogens (tertiary/aromatic N) is 2. The molecule has 100 valence electrons. The van der Waals surface area contributed by atoms with Gasteiger partial charge in [-0.3, -0.25) is 4.79 Å². The van der Waals surface area contributed by atoms with Gasteiger partial charge in [-0.05, 0) is 33.9 Å². The molecule has 0 spiro atoms. The standard InChI is InChI=1S/C13H20N2O3/c1-9(2)14(4)5-6-15-8-11(10(3)16)7-12(15)13(17)18/h7-9H,5-6H2,1-4H3,(H,17,18). The number of hydrogen-bond donors (Lipinski definition) is 1. The summed E-state index contributed by atoms with van der Waals surface area (Å²) in [4.78, 5) is 24.5. The summed E-state index contributed by atoms with van der Waals surface area (Å²) in [7, 11) is 1.99. The number of hydrogen-bond acceptors (Lipinski definition) is 3. The lowest BCUT2D eigenvalue weighted by Gasteiger charge is -2.21. The van der Waals surface area contributed by atoms with E-state index in [2.05, 4.69) is 18.7 Å². The van der Waals surface area contributed by atoms with Gasteiger partial charge in [-0.15, -0.1) is 0 Å². The number of aromatic carboxylic acids is 1. The monoisotopic (exact) mass is 252 g/mol. The van der Waals surface area contributed by atoms with Crippen molar-refractivity contribution in [3.05, 3.63) is 23.5 Å². The predicted octanol–water partition coefficient (Wildman–Crippen LogP) is 1.73. The first-order valence-electron chi connectivity index (χ1n) is 5.97. The Labute approximate surface area is 107 Å². The van der Waals surface area contributed by atoms with Crippen LogP contribution in [0.5, 0.6) is 0 Å². The highest BCUT2D eigenvalue weighted by Crippen LogP contribution is 2.10. The van der Waals surface area contributed by atoms with Gasteiger partial charge in [-0.25, -0.2) is 4.79 Å². The van der Waals surface area contributed by atoms with E-state index in [0.29, 0.717) is 18.2 Å². The number of carbonyl (C=O) groups excluding carboxylic acids is 1. The second-order valence-corrected chi connectivity index (χ2v) is 4.74. The van der Waals surface area contributed by atoms with Crippen LogP contribution in [0.4, 0.5) is 0 Å². The van der Waals surface area contributed by atoms with E-state index in [1.807, 2.05) is 7.05 Å². The molecule has 5 heteroatoms. The van der Waals surface area contributed by atoms with E-state index in [0.717, 1.165) is 6.54 Å². The fourth-order valence-electron chi connectivity index (χ4n) is 1.59. The fraction of sp³-hybridized carbons (Fsp3) is 0.538. The van der Waals surface area contributed by atoms with E-state index >= 15 is 0 Å². The van der Waals surface area contributed by atoms with Crippen LogP contribution in [0.15, 0.2) is 12.3 Å². The van der Waals surface area contributed by atoms with Crippen LogP contribution in [0.25, 0.3) is 0 Å². The molecule has 0 bridgehead atoms. The number of ketones is 1. The predicted molar refractivity (Wildman–Crippen MR) is 69.2 cm³/mol. The van der Waals surface area contributed by atoms with E-state index in [4.69, 9.17) is 5.11 Å². The highest BCUT2D eigenvalue weighted by molar-refractivity contribution is 5.97. The van der Waals surface area contributed by atoms with E-state index in [9.17, 15) is 9.59 Å². The second-order valence-electron chi connectivity index (χ2n) is 4.74. The molecule has 0 atom stereocenters. The van der Waals surface area contributed by atoms with Gasteiger partial charge in [-0.2, -0.15) is 0 Å². The molecule has 0 aliphatic carbocycles. The van der Waals surface area contributed by atoms with E-state index in [1.165, 1.54) is 13.0 Å². The van der Waals surface area contributed by atoms with Crippen molar-refractivity contribution in [3.8, 4) is 0 Å². The Hall–Kier alpha value is -1.62. The largest absolute Gasteiger partial charge is 0.477 e. The Balaban J connectivity index is 2.87. The molecule has 0 aliphatic heterocycles. The smallest absolute Gasteiger partial charge is 0.352 e. The minimum absolute atomic E-state index is 0.117. The number of carbonyl (C=O) groups is 2. The third kappa shape index (κ3) is 3.43. The van der Waals surface area contributed by atoms with Crippen LogP contribution in [0.1, 0.15) is 41.6 Å². The van der Waals surface area contributed by atoms with Gasteiger partial charge in [-0.1, -0.05) is 0 Å². The third-order valence-corrected chi connectivity index (χ3v) is 3.10. The van der Waals surface area contributed by atoms with Gasteiger partial charge in [0.15, 0.2) is 5.78 Å². The number of carboxylic acids is 1. The molecule has 1 aromatic heterocycles. The van der Waals surface area contributed by atoms with Crippen molar-refractivity contribution in [2.45, 2.75) is 33.4 Å². The Morgan fingerprint density at radius 2 is 2.06 bits per heavy atom. The maximum Gasteiger partial charge on any atom is 0.352 e. The number of Topliss-reactive ketones (excluding diaryl/α,β-unsaturated/α-hetero) is 1. The van der Waals surface area contributed by atoms with Crippen LogP contribution < -0.4 is 0 Å². The maximum atomic E-state index is 11.3. The van der Waals surface area contributed by atoms with Crippen molar-refractivity contribution in [2.24, 2.45) is 0 Å². The first-order chi connectivity index (χ1) is 8.32. The quantitative estimate of drug-likeness (QED) is 0.783. The van der Waals surface area contributed by atoms with Crippen LogP contribution in [-0.2, 0) is 6.54 Å². The number of rotatable bonds is 6. The Morgan fingerprint density at radius 1 is 1.44 bits per heavy atom. The zero-order chi connectivity index (χ0) is 13.9. The molecule has 1 rings (SSSR count). The summed E-state index contributed by atoms with van der Waals surface area (Å²) in [5.74, 6) is -1.12. The zero-order valence-electron chi connectivity index (χ0n) is 11.3. The Bertz CT molecular complexity index is 449. The normalized spacial score (nSPS) is 11.2. The molecule has 0 aliphatic rings. The minimum atomic E-state index is -1.00. The van der Waals surface area contributed by atoms with Crippen molar-refractivity contribution in [3.63, 3.8) is 0 Å². The van der Waals surface area contributed by atoms with Gasteiger partial charge in [0, 0.05) is 30.9 Å². The maximum absolute atomic E-state index is 11.3. The molecule has 1 heterocycles. The molecule has 0 unspecified atom stereocenters. The molecule has 0 saturated heterocycles. The number of aromatic nitrogens is 1. The van der Waals surface area contributed by atoms with Gasteiger partial charge >= 0.3 is 5.97 Å². The van der Waals surface area contributed by atoms with Crippen molar-refractivity contribution >= 4 is 11.8 Å². The van der Waals surface area contributed by atoms with Crippen LogP contribution >= 0.6 is 0 Å². The molecule has 0 fully saturated rings. The molecule has 0 saturated carbocycles. The summed E-state index contributed by atoms with van der Waals surface area (Å²) < 4.78 is 1.62. The highest BCUT2D eigenvalue weighted by Gasteiger charge is 2.15. The molecule has 1 N–H and O–H groups in total. The lowest BCUT2D eigenvalue weighted by Crippen LogP contribution is -2.30. The van der Waals surface area contributed by atoms with Crippen molar-refractivity contribution in [2.75, 3.05) is 13.6 Å².